The Morgan fingerprint density at radius 3 is 2.19 bits per heavy atom. The van der Waals surface area contributed by atoms with Crippen molar-refractivity contribution in [1.82, 2.24) is 9.62 Å². The van der Waals surface area contributed by atoms with Crippen molar-refractivity contribution >= 4 is 15.9 Å². The van der Waals surface area contributed by atoms with Gasteiger partial charge in [-0.25, -0.2) is 13.1 Å². The molecule has 1 amide bonds. The second-order valence-corrected chi connectivity index (χ2v) is 7.86. The van der Waals surface area contributed by atoms with Gasteiger partial charge in [-0.2, -0.15) is 0 Å². The summed E-state index contributed by atoms with van der Waals surface area (Å²) in [6.07, 6.45) is -0.328. The van der Waals surface area contributed by atoms with Crippen LogP contribution >= 0.6 is 0 Å². The molecule has 1 N–H and O–H groups in total. The molecular weight excluding hydrogens is 364 g/mol. The summed E-state index contributed by atoms with van der Waals surface area (Å²) >= 11 is 0. The van der Waals surface area contributed by atoms with Crippen molar-refractivity contribution in [2.75, 3.05) is 19.6 Å². The van der Waals surface area contributed by atoms with Crippen molar-refractivity contribution < 1.29 is 17.9 Å². The van der Waals surface area contributed by atoms with E-state index in [9.17, 15) is 13.2 Å². The van der Waals surface area contributed by atoms with E-state index in [4.69, 9.17) is 4.74 Å². The summed E-state index contributed by atoms with van der Waals surface area (Å²) in [5.41, 5.74) is 0.471. The first-order valence-corrected chi connectivity index (χ1v) is 10.5. The van der Waals surface area contributed by atoms with Crippen molar-refractivity contribution in [3.63, 3.8) is 0 Å². The van der Waals surface area contributed by atoms with E-state index >= 15 is 0 Å². The molecule has 7 heteroatoms. The Morgan fingerprint density at radius 2 is 1.63 bits per heavy atom. The number of carbonyl (C=O) groups is 1. The van der Waals surface area contributed by atoms with E-state index in [-0.39, 0.29) is 23.5 Å². The largest absolute Gasteiger partial charge is 0.489 e. The third-order valence-corrected chi connectivity index (χ3v) is 5.54. The van der Waals surface area contributed by atoms with Crippen LogP contribution in [-0.2, 0) is 10.0 Å². The van der Waals surface area contributed by atoms with Crippen LogP contribution in [0.3, 0.4) is 0 Å². The third-order valence-electron chi connectivity index (χ3n) is 4.10. The minimum absolute atomic E-state index is 0.109. The molecule has 6 nitrogen and oxygen atoms in total. The lowest BCUT2D eigenvalue weighted by Gasteiger charge is -2.19. The number of para-hydroxylation sites is 1. The fraction of sp³-hybridized carbons (Fsp3) is 0.350. The summed E-state index contributed by atoms with van der Waals surface area (Å²) in [4.78, 5) is 14.1. The van der Waals surface area contributed by atoms with Gasteiger partial charge in [0.15, 0.2) is 0 Å². The maximum atomic E-state index is 12.5. The molecule has 27 heavy (non-hydrogen) atoms. The van der Waals surface area contributed by atoms with Crippen LogP contribution in [0, 0.1) is 0 Å². The normalized spacial score (nSPS) is 12.4. The van der Waals surface area contributed by atoms with Gasteiger partial charge < -0.3 is 9.64 Å². The van der Waals surface area contributed by atoms with Crippen LogP contribution in [0.1, 0.15) is 31.1 Å². The van der Waals surface area contributed by atoms with Gasteiger partial charge in [-0.3, -0.25) is 4.79 Å². The van der Waals surface area contributed by atoms with E-state index < -0.39 is 10.0 Å². The average Bonchev–Trinajstić information content (AvgIpc) is 2.68. The SMILES string of the molecule is CCN(CC)C(=O)c1ccc(S(=O)(=O)NCC(C)Oc2ccccc2)cc1. The Morgan fingerprint density at radius 1 is 1.04 bits per heavy atom. The molecular formula is C20H26N2O4S. The molecule has 146 valence electrons. The van der Waals surface area contributed by atoms with E-state index in [2.05, 4.69) is 4.72 Å². The van der Waals surface area contributed by atoms with Crippen molar-refractivity contribution in [1.29, 1.82) is 0 Å². The monoisotopic (exact) mass is 390 g/mol. The van der Waals surface area contributed by atoms with Gasteiger partial charge >= 0.3 is 0 Å². The second-order valence-electron chi connectivity index (χ2n) is 6.10. The quantitative estimate of drug-likeness (QED) is 0.714. The number of nitrogens with zero attached hydrogens (tertiary/aromatic N) is 1. The first kappa shape index (κ1) is 20.9. The van der Waals surface area contributed by atoms with Crippen LogP contribution in [0.4, 0.5) is 0 Å². The van der Waals surface area contributed by atoms with Gasteiger partial charge in [0, 0.05) is 25.2 Å². The molecule has 2 aromatic carbocycles. The highest BCUT2D eigenvalue weighted by Crippen LogP contribution is 2.14. The standard InChI is InChI=1S/C20H26N2O4S/c1-4-22(5-2)20(23)17-11-13-19(14-12-17)27(24,25)21-15-16(3)26-18-9-7-6-8-10-18/h6-14,16,21H,4-5,15H2,1-3H3. The van der Waals surface area contributed by atoms with Gasteiger partial charge in [-0.1, -0.05) is 18.2 Å². The summed E-state index contributed by atoms with van der Waals surface area (Å²) in [7, 11) is -3.68. The maximum Gasteiger partial charge on any atom is 0.253 e. The Hall–Kier alpha value is -2.38. The van der Waals surface area contributed by atoms with Crippen molar-refractivity contribution in [2.24, 2.45) is 0 Å². The lowest BCUT2D eigenvalue weighted by molar-refractivity contribution is 0.0773. The number of hydrogen-bond acceptors (Lipinski definition) is 4. The van der Waals surface area contributed by atoms with E-state index in [1.807, 2.05) is 44.2 Å². The fourth-order valence-electron chi connectivity index (χ4n) is 2.55. The second kappa shape index (κ2) is 9.53. The van der Waals surface area contributed by atoms with Crippen LogP contribution in [0.25, 0.3) is 0 Å². The molecule has 0 heterocycles. The van der Waals surface area contributed by atoms with Crippen molar-refractivity contribution in [3.05, 3.63) is 60.2 Å². The predicted octanol–water partition coefficient (Wildman–Crippen LogP) is 2.91. The zero-order valence-electron chi connectivity index (χ0n) is 15.9. The number of sulfonamides is 1. The van der Waals surface area contributed by atoms with Crippen LogP contribution in [0.2, 0.25) is 0 Å². The maximum absolute atomic E-state index is 12.5. The molecule has 1 atom stereocenters. The van der Waals surface area contributed by atoms with E-state index in [0.717, 1.165) is 0 Å². The Bertz CT molecular complexity index is 832. The van der Waals surface area contributed by atoms with Gasteiger partial charge in [-0.05, 0) is 57.2 Å². The summed E-state index contributed by atoms with van der Waals surface area (Å²) in [6.45, 7) is 6.96. The number of nitrogens with one attached hydrogen (secondary N) is 1. The smallest absolute Gasteiger partial charge is 0.253 e. The van der Waals surface area contributed by atoms with Crippen molar-refractivity contribution in [2.45, 2.75) is 31.8 Å². The highest BCUT2D eigenvalue weighted by Gasteiger charge is 2.18. The minimum atomic E-state index is -3.68. The molecule has 0 aliphatic heterocycles. The number of carbonyl (C=O) groups excluding carboxylic acids is 1. The van der Waals surface area contributed by atoms with Gasteiger partial charge in [-0.15, -0.1) is 0 Å². The average molecular weight is 391 g/mol. The first-order chi connectivity index (χ1) is 12.9. The minimum Gasteiger partial charge on any atom is -0.489 e. The molecule has 2 aromatic rings. The Labute approximate surface area is 161 Å². The summed E-state index contributed by atoms with van der Waals surface area (Å²) in [6, 6.07) is 15.2. The molecule has 1 unspecified atom stereocenters. The van der Waals surface area contributed by atoms with Gasteiger partial charge in [0.25, 0.3) is 5.91 Å². The van der Waals surface area contributed by atoms with E-state index in [1.54, 1.807) is 24.0 Å². The summed E-state index contributed by atoms with van der Waals surface area (Å²) < 4.78 is 33.1. The first-order valence-electron chi connectivity index (χ1n) is 8.98. The van der Waals surface area contributed by atoms with Crippen molar-refractivity contribution in [3.8, 4) is 5.75 Å². The number of hydrogen-bond donors (Lipinski definition) is 1. The molecule has 0 aliphatic carbocycles. The molecule has 0 fully saturated rings. The van der Waals surface area contributed by atoms with Crippen LogP contribution in [-0.4, -0.2) is 45.0 Å². The zero-order valence-corrected chi connectivity index (χ0v) is 16.7. The van der Waals surface area contributed by atoms with Crippen LogP contribution < -0.4 is 9.46 Å². The topological polar surface area (TPSA) is 75.7 Å². The molecule has 0 spiro atoms. The molecule has 0 aliphatic rings. The van der Waals surface area contributed by atoms with Crippen LogP contribution in [0.5, 0.6) is 5.75 Å². The van der Waals surface area contributed by atoms with Gasteiger partial charge in [0.1, 0.15) is 11.9 Å². The predicted molar refractivity (Wildman–Crippen MR) is 105 cm³/mol. The summed E-state index contributed by atoms with van der Waals surface area (Å²) in [5.74, 6) is 0.574. The molecule has 2 rings (SSSR count). The number of ether oxygens (including phenoxy) is 1. The third kappa shape index (κ3) is 5.80. The molecule has 0 saturated heterocycles. The van der Waals surface area contributed by atoms with E-state index in [1.165, 1.54) is 12.1 Å². The lowest BCUT2D eigenvalue weighted by atomic mass is 10.2. The molecule has 0 radical (unpaired) electrons. The molecule has 0 aromatic heterocycles. The molecule has 0 bridgehead atoms. The number of amides is 1. The zero-order chi connectivity index (χ0) is 19.9. The Balaban J connectivity index is 1.98. The summed E-state index contributed by atoms with van der Waals surface area (Å²) in [5, 5.41) is 0. The number of benzene rings is 2. The van der Waals surface area contributed by atoms with Gasteiger partial charge in [0.05, 0.1) is 4.90 Å². The van der Waals surface area contributed by atoms with E-state index in [0.29, 0.717) is 24.4 Å². The molecule has 0 saturated carbocycles. The van der Waals surface area contributed by atoms with Crippen LogP contribution in [0.15, 0.2) is 59.5 Å². The highest BCUT2D eigenvalue weighted by molar-refractivity contribution is 7.89. The number of rotatable bonds is 9. The van der Waals surface area contributed by atoms with Gasteiger partial charge in [0.2, 0.25) is 10.0 Å². The highest BCUT2D eigenvalue weighted by atomic mass is 32.2. The Kier molecular flexibility index (Phi) is 7.38. The fourth-order valence-corrected chi connectivity index (χ4v) is 3.67. The lowest BCUT2D eigenvalue weighted by Crippen LogP contribution is -2.33.